The van der Waals surface area contributed by atoms with Crippen molar-refractivity contribution in [3.05, 3.63) is 27.0 Å². The molecule has 20 heavy (non-hydrogen) atoms. The Balaban J connectivity index is 1.90. The van der Waals surface area contributed by atoms with Crippen molar-refractivity contribution in [2.24, 2.45) is 0 Å². The first-order valence-corrected chi connectivity index (χ1v) is 10.3. The Labute approximate surface area is 137 Å². The van der Waals surface area contributed by atoms with Crippen LogP contribution in [-0.2, 0) is 8.16 Å². The first-order chi connectivity index (χ1) is 9.56. The molecule has 0 aromatic carbocycles. The molecule has 1 fully saturated rings. The van der Waals surface area contributed by atoms with Gasteiger partial charge in [0.1, 0.15) is 6.26 Å². The van der Waals surface area contributed by atoms with E-state index >= 15 is 0 Å². The van der Waals surface area contributed by atoms with Gasteiger partial charge in [-0.2, -0.15) is 0 Å². The van der Waals surface area contributed by atoms with Gasteiger partial charge in [0.2, 0.25) is 11.0 Å². The maximum atomic E-state index is 12.0. The molecule has 1 saturated heterocycles. The molecule has 0 saturated carbocycles. The van der Waals surface area contributed by atoms with Gasteiger partial charge in [-0.25, -0.2) is 8.51 Å². The highest BCUT2D eigenvalue weighted by atomic mass is 127. The number of furan rings is 1. The van der Waals surface area contributed by atoms with Crippen molar-refractivity contribution in [2.45, 2.75) is 0 Å². The van der Waals surface area contributed by atoms with Crippen LogP contribution >= 0.6 is 37.1 Å². The highest BCUT2D eigenvalue weighted by Crippen LogP contribution is 2.28. The van der Waals surface area contributed by atoms with Crippen molar-refractivity contribution in [3.63, 3.8) is 0 Å². The van der Waals surface area contributed by atoms with Gasteiger partial charge in [0.15, 0.2) is 19.6 Å². The number of halogens is 2. The van der Waals surface area contributed by atoms with Crippen LogP contribution in [0.2, 0.25) is 0 Å². The highest BCUT2D eigenvalue weighted by Gasteiger charge is 2.23. The zero-order chi connectivity index (χ0) is 14.3. The van der Waals surface area contributed by atoms with Crippen molar-refractivity contribution >= 4 is 62.3 Å². The summed E-state index contributed by atoms with van der Waals surface area (Å²) < 4.78 is 24.8. The maximum Gasteiger partial charge on any atom is 0.230 e. The van der Waals surface area contributed by atoms with Gasteiger partial charge < -0.3 is 13.7 Å². The van der Waals surface area contributed by atoms with Crippen molar-refractivity contribution in [2.75, 3.05) is 31.1 Å². The summed E-state index contributed by atoms with van der Waals surface area (Å²) in [6.45, 7) is 2.67. The van der Waals surface area contributed by atoms with Crippen LogP contribution in [0.25, 0.3) is 11.2 Å². The van der Waals surface area contributed by atoms with E-state index in [2.05, 4.69) is 15.9 Å². The second kappa shape index (κ2) is 5.78. The van der Waals surface area contributed by atoms with Gasteiger partial charge in [0, 0.05) is 26.2 Å². The van der Waals surface area contributed by atoms with Crippen molar-refractivity contribution in [1.82, 2.24) is 4.31 Å². The number of piperazine rings is 1. The first-order valence-electron chi connectivity index (χ1n) is 5.85. The second-order valence-electron chi connectivity index (χ2n) is 4.31. The molecule has 0 radical (unpaired) electrons. The average Bonchev–Trinajstić information content (AvgIpc) is 2.81. The van der Waals surface area contributed by atoms with E-state index in [9.17, 15) is 9.00 Å². The third-order valence-electron chi connectivity index (χ3n) is 3.14. The summed E-state index contributed by atoms with van der Waals surface area (Å²) >= 11 is 5.18. The molecular weight excluding hydrogens is 463 g/mol. The molecule has 1 aliphatic heterocycles. The summed E-state index contributed by atoms with van der Waals surface area (Å²) in [4.78, 5) is 13.9. The molecule has 6 nitrogen and oxygen atoms in total. The maximum absolute atomic E-state index is 12.0. The number of nitrogens with zero attached hydrogens (tertiary/aromatic N) is 2. The zero-order valence-electron chi connectivity index (χ0n) is 10.2. The molecule has 108 valence electrons. The van der Waals surface area contributed by atoms with E-state index in [4.69, 9.17) is 8.83 Å². The van der Waals surface area contributed by atoms with Crippen LogP contribution in [0.1, 0.15) is 0 Å². The Kier molecular flexibility index (Phi) is 4.20. The first kappa shape index (κ1) is 14.5. The number of fused-ring (bicyclic) bond motifs is 1. The molecule has 0 bridgehead atoms. The lowest BCUT2D eigenvalue weighted by atomic mass is 10.3. The third kappa shape index (κ3) is 2.68. The van der Waals surface area contributed by atoms with Gasteiger partial charge in [0.05, 0.1) is 31.7 Å². The zero-order valence-corrected chi connectivity index (χ0v) is 14.7. The van der Waals surface area contributed by atoms with E-state index < -0.39 is 8.16 Å². The Hall–Kier alpha value is -0.390. The largest absolute Gasteiger partial charge is 0.456 e. The summed E-state index contributed by atoms with van der Waals surface area (Å²) in [5.74, 6) is 0.517. The van der Waals surface area contributed by atoms with Crippen molar-refractivity contribution in [1.29, 1.82) is 0 Å². The Bertz CT molecular complexity index is 723. The molecule has 9 heteroatoms. The average molecular weight is 473 g/mol. The van der Waals surface area contributed by atoms with E-state index in [0.717, 1.165) is 0 Å². The number of anilines is 1. The van der Waals surface area contributed by atoms with Gasteiger partial charge in [-0.3, -0.25) is 4.79 Å². The fourth-order valence-electron chi connectivity index (χ4n) is 2.11. The summed E-state index contributed by atoms with van der Waals surface area (Å²) in [6, 6.07) is 1.44. The lowest BCUT2D eigenvalue weighted by Gasteiger charge is -2.32. The molecule has 0 aliphatic carbocycles. The minimum atomic E-state index is -0.985. The van der Waals surface area contributed by atoms with E-state index in [1.54, 1.807) is 0 Å². The minimum absolute atomic E-state index is 0.202. The van der Waals surface area contributed by atoms with E-state index in [-0.39, 0.29) is 11.0 Å². The van der Waals surface area contributed by atoms with E-state index in [1.807, 2.05) is 30.4 Å². The smallest absolute Gasteiger partial charge is 0.230 e. The van der Waals surface area contributed by atoms with Gasteiger partial charge in [-0.15, -0.1) is 0 Å². The number of hydrogen-bond donors (Lipinski definition) is 0. The van der Waals surface area contributed by atoms with Crippen LogP contribution in [0.3, 0.4) is 0 Å². The quantitative estimate of drug-likeness (QED) is 0.495. The topological polar surface area (TPSA) is 66.9 Å². The fourth-order valence-corrected chi connectivity index (χ4v) is 4.10. The summed E-state index contributed by atoms with van der Waals surface area (Å²) in [5.41, 5.74) is 0.437. The monoisotopic (exact) mass is 472 g/mol. The Morgan fingerprint density at radius 2 is 1.95 bits per heavy atom. The summed E-state index contributed by atoms with van der Waals surface area (Å²) in [6.07, 6.45) is 1.44. The Morgan fingerprint density at radius 3 is 2.60 bits per heavy atom. The third-order valence-corrected chi connectivity index (χ3v) is 6.13. The lowest BCUT2D eigenvalue weighted by molar-refractivity contribution is 0.402. The SMILES string of the molecule is O=c1cc(N2CCN(S(=O)I)CC2)oc2c(Br)coc12. The van der Waals surface area contributed by atoms with E-state index in [0.29, 0.717) is 42.1 Å². The molecule has 0 amide bonds. The predicted molar refractivity (Wildman–Crippen MR) is 88.4 cm³/mol. The van der Waals surface area contributed by atoms with Crippen LogP contribution < -0.4 is 10.3 Å². The lowest BCUT2D eigenvalue weighted by Crippen LogP contribution is -2.46. The summed E-state index contributed by atoms with van der Waals surface area (Å²) in [7, 11) is -0.985. The fraction of sp³-hybridized carbons (Fsp3) is 0.364. The van der Waals surface area contributed by atoms with Gasteiger partial charge in [-0.1, -0.05) is 0 Å². The van der Waals surface area contributed by atoms with Crippen LogP contribution in [0.5, 0.6) is 0 Å². The van der Waals surface area contributed by atoms with Crippen LogP contribution in [0.15, 0.2) is 30.4 Å². The molecule has 3 heterocycles. The van der Waals surface area contributed by atoms with Gasteiger partial charge in [-0.05, 0) is 15.9 Å². The second-order valence-corrected chi connectivity index (χ2v) is 8.36. The number of hydrogen-bond acceptors (Lipinski definition) is 5. The van der Waals surface area contributed by atoms with E-state index in [1.165, 1.54) is 12.3 Å². The van der Waals surface area contributed by atoms with Crippen molar-refractivity contribution < 1.29 is 13.0 Å². The van der Waals surface area contributed by atoms with Gasteiger partial charge in [0.25, 0.3) is 0 Å². The molecule has 0 spiro atoms. The molecule has 1 atom stereocenters. The van der Waals surface area contributed by atoms with Crippen LogP contribution in [0, 0.1) is 0 Å². The molecule has 0 N–H and O–H groups in total. The number of rotatable bonds is 2. The van der Waals surface area contributed by atoms with Crippen LogP contribution in [0.4, 0.5) is 5.88 Å². The Morgan fingerprint density at radius 1 is 1.25 bits per heavy atom. The standard InChI is InChI=1S/C11H10BrIN2O4S/c12-7-6-18-11-8(16)5-9(19-10(7)11)14-1-3-15(4-2-14)20(13)17/h5-6H,1-4H2. The molecule has 1 unspecified atom stereocenters. The van der Waals surface area contributed by atoms with Crippen LogP contribution in [-0.4, -0.2) is 34.7 Å². The van der Waals surface area contributed by atoms with Gasteiger partial charge >= 0.3 is 0 Å². The predicted octanol–water partition coefficient (Wildman–Crippen LogP) is 2.28. The summed E-state index contributed by atoms with van der Waals surface area (Å²) in [5, 5.41) is 0. The minimum Gasteiger partial charge on any atom is -0.456 e. The molecule has 3 rings (SSSR count). The highest BCUT2D eigenvalue weighted by molar-refractivity contribution is 14.2. The van der Waals surface area contributed by atoms with Crippen molar-refractivity contribution in [3.8, 4) is 0 Å². The molecule has 2 aromatic heterocycles. The normalized spacial score (nSPS) is 18.6. The molecular formula is C11H10BrIN2O4S. The molecule has 2 aromatic rings. The molecule has 1 aliphatic rings.